The summed E-state index contributed by atoms with van der Waals surface area (Å²) in [4.78, 5) is 22.9. The zero-order valence-electron chi connectivity index (χ0n) is 12.8. The van der Waals surface area contributed by atoms with Gasteiger partial charge in [-0.2, -0.15) is 0 Å². The van der Waals surface area contributed by atoms with Gasteiger partial charge in [0, 0.05) is 5.69 Å². The Hall–Kier alpha value is -3.02. The first-order valence-electron chi connectivity index (χ1n) is 6.85. The fourth-order valence-corrected chi connectivity index (χ4v) is 2.11. The number of nitrogens with one attached hydrogen (secondary N) is 1. The predicted octanol–water partition coefficient (Wildman–Crippen LogP) is 1.25. The second-order valence-electron chi connectivity index (χ2n) is 4.78. The van der Waals surface area contributed by atoms with Crippen LogP contribution in [0.1, 0.15) is 15.9 Å². The van der Waals surface area contributed by atoms with Gasteiger partial charge in [-0.15, -0.1) is 0 Å². The Bertz CT molecular complexity index is 727. The van der Waals surface area contributed by atoms with Gasteiger partial charge in [0.25, 0.3) is 0 Å². The molecular weight excluding hydrogens is 298 g/mol. The predicted molar refractivity (Wildman–Crippen MR) is 82.7 cm³/mol. The fraction of sp³-hybridized carbons (Fsp3) is 0.176. The Kier molecular flexibility index (Phi) is 5.19. The number of rotatable bonds is 6. The van der Waals surface area contributed by atoms with Gasteiger partial charge in [0.1, 0.15) is 0 Å². The maximum absolute atomic E-state index is 12.1. The van der Waals surface area contributed by atoms with Gasteiger partial charge in [0.2, 0.25) is 5.91 Å². The van der Waals surface area contributed by atoms with Crippen LogP contribution in [0.15, 0.2) is 42.5 Å². The zero-order valence-corrected chi connectivity index (χ0v) is 12.8. The number of methoxy groups -OCH3 is 2. The summed E-state index contributed by atoms with van der Waals surface area (Å²) in [7, 11) is 3.06. The minimum atomic E-state index is -1.29. The minimum Gasteiger partial charge on any atom is -0.545 e. The van der Waals surface area contributed by atoms with E-state index in [0.29, 0.717) is 17.2 Å². The van der Waals surface area contributed by atoms with Crippen molar-refractivity contribution in [3.05, 3.63) is 53.6 Å². The third-order valence-corrected chi connectivity index (χ3v) is 3.19. The van der Waals surface area contributed by atoms with Crippen molar-refractivity contribution in [1.82, 2.24) is 0 Å². The number of hydrogen-bond acceptors (Lipinski definition) is 5. The monoisotopic (exact) mass is 314 g/mol. The van der Waals surface area contributed by atoms with Gasteiger partial charge in [-0.05, 0) is 35.4 Å². The first kappa shape index (κ1) is 16.4. The van der Waals surface area contributed by atoms with Gasteiger partial charge in [0.05, 0.1) is 26.6 Å². The van der Waals surface area contributed by atoms with Gasteiger partial charge < -0.3 is 24.7 Å². The van der Waals surface area contributed by atoms with Crippen LogP contribution < -0.4 is 19.9 Å². The number of amides is 1. The van der Waals surface area contributed by atoms with Crippen molar-refractivity contribution in [2.24, 2.45) is 0 Å². The number of carbonyl (C=O) groups excluding carboxylic acids is 2. The topological polar surface area (TPSA) is 87.7 Å². The Morgan fingerprint density at radius 2 is 1.78 bits per heavy atom. The molecule has 0 aliphatic carbocycles. The lowest BCUT2D eigenvalue weighted by molar-refractivity contribution is -0.255. The van der Waals surface area contributed by atoms with E-state index in [1.54, 1.807) is 24.3 Å². The van der Waals surface area contributed by atoms with Crippen LogP contribution in [0.25, 0.3) is 0 Å². The summed E-state index contributed by atoms with van der Waals surface area (Å²) >= 11 is 0. The lowest BCUT2D eigenvalue weighted by atomic mass is 10.1. The van der Waals surface area contributed by atoms with E-state index >= 15 is 0 Å². The number of aromatic carboxylic acids is 1. The molecule has 2 rings (SSSR count). The summed E-state index contributed by atoms with van der Waals surface area (Å²) in [6.07, 6.45) is 0.121. The molecule has 6 heteroatoms. The summed E-state index contributed by atoms with van der Waals surface area (Å²) < 4.78 is 10.3. The minimum absolute atomic E-state index is 0.00826. The Balaban J connectivity index is 2.08. The number of benzene rings is 2. The second kappa shape index (κ2) is 7.31. The van der Waals surface area contributed by atoms with Crippen LogP contribution in [0.5, 0.6) is 11.5 Å². The molecule has 0 bridgehead atoms. The van der Waals surface area contributed by atoms with Gasteiger partial charge in [0.15, 0.2) is 11.5 Å². The number of ether oxygens (including phenoxy) is 2. The summed E-state index contributed by atoms with van der Waals surface area (Å²) in [5.74, 6) is -0.441. The molecule has 0 aliphatic rings. The molecule has 0 spiro atoms. The molecule has 0 saturated heterocycles. The number of anilines is 1. The lowest BCUT2D eigenvalue weighted by Gasteiger charge is -2.10. The summed E-state index contributed by atoms with van der Waals surface area (Å²) in [6, 6.07) is 11.1. The second-order valence-corrected chi connectivity index (χ2v) is 4.78. The van der Waals surface area contributed by atoms with Crippen LogP contribution in [-0.2, 0) is 11.2 Å². The van der Waals surface area contributed by atoms with Crippen molar-refractivity contribution in [1.29, 1.82) is 0 Å². The highest BCUT2D eigenvalue weighted by molar-refractivity contribution is 5.94. The van der Waals surface area contributed by atoms with Crippen molar-refractivity contribution >= 4 is 17.6 Å². The number of carboxylic acids is 1. The molecule has 0 atom stereocenters. The smallest absolute Gasteiger partial charge is 0.228 e. The largest absolute Gasteiger partial charge is 0.545 e. The van der Waals surface area contributed by atoms with E-state index in [1.165, 1.54) is 32.4 Å². The van der Waals surface area contributed by atoms with Gasteiger partial charge in [-0.25, -0.2) is 0 Å². The average molecular weight is 314 g/mol. The van der Waals surface area contributed by atoms with Gasteiger partial charge >= 0.3 is 0 Å². The average Bonchev–Trinajstić information content (AvgIpc) is 2.54. The molecule has 1 amide bonds. The highest BCUT2D eigenvalue weighted by atomic mass is 16.5. The van der Waals surface area contributed by atoms with Crippen LogP contribution in [-0.4, -0.2) is 26.1 Å². The molecular formula is C17H16NO5-. The maximum atomic E-state index is 12.1. The van der Waals surface area contributed by atoms with E-state index in [1.807, 2.05) is 0 Å². The lowest BCUT2D eigenvalue weighted by Crippen LogP contribution is -2.22. The number of carbonyl (C=O) groups is 2. The summed E-state index contributed by atoms with van der Waals surface area (Å²) in [6.45, 7) is 0. The molecule has 0 aromatic heterocycles. The highest BCUT2D eigenvalue weighted by Gasteiger charge is 2.09. The van der Waals surface area contributed by atoms with Crippen molar-refractivity contribution in [2.45, 2.75) is 6.42 Å². The highest BCUT2D eigenvalue weighted by Crippen LogP contribution is 2.27. The van der Waals surface area contributed by atoms with Crippen LogP contribution in [0.4, 0.5) is 5.69 Å². The van der Waals surface area contributed by atoms with Crippen molar-refractivity contribution < 1.29 is 24.2 Å². The molecule has 1 N–H and O–H groups in total. The van der Waals surface area contributed by atoms with E-state index in [4.69, 9.17) is 9.47 Å². The van der Waals surface area contributed by atoms with Crippen LogP contribution in [0.3, 0.4) is 0 Å². The third-order valence-electron chi connectivity index (χ3n) is 3.19. The van der Waals surface area contributed by atoms with Crippen LogP contribution >= 0.6 is 0 Å². The van der Waals surface area contributed by atoms with Crippen molar-refractivity contribution in [3.8, 4) is 11.5 Å². The van der Waals surface area contributed by atoms with E-state index in [9.17, 15) is 14.7 Å². The molecule has 120 valence electrons. The van der Waals surface area contributed by atoms with E-state index in [-0.39, 0.29) is 17.9 Å². The van der Waals surface area contributed by atoms with E-state index in [0.717, 1.165) is 5.56 Å². The van der Waals surface area contributed by atoms with E-state index in [2.05, 4.69) is 5.32 Å². The van der Waals surface area contributed by atoms with Crippen molar-refractivity contribution in [2.75, 3.05) is 19.5 Å². The first-order chi connectivity index (χ1) is 11.0. The molecule has 0 unspecified atom stereocenters. The normalized spacial score (nSPS) is 10.0. The third kappa shape index (κ3) is 4.23. The standard InChI is InChI=1S/C17H17NO5/c1-22-14-7-6-11(8-15(14)23-2)9-16(19)18-13-5-3-4-12(10-13)17(20)21/h3-8,10H,9H2,1-2H3,(H,18,19)(H,20,21)/p-1. The Morgan fingerprint density at radius 3 is 2.43 bits per heavy atom. The molecule has 2 aromatic rings. The van der Waals surface area contributed by atoms with Crippen LogP contribution in [0.2, 0.25) is 0 Å². The molecule has 0 radical (unpaired) electrons. The Labute approximate surface area is 133 Å². The zero-order chi connectivity index (χ0) is 16.8. The molecule has 23 heavy (non-hydrogen) atoms. The number of carboxylic acid groups (broad SMARTS) is 1. The van der Waals surface area contributed by atoms with E-state index < -0.39 is 5.97 Å². The van der Waals surface area contributed by atoms with Gasteiger partial charge in [-0.3, -0.25) is 4.79 Å². The molecule has 0 heterocycles. The molecule has 6 nitrogen and oxygen atoms in total. The molecule has 0 fully saturated rings. The summed E-state index contributed by atoms with van der Waals surface area (Å²) in [5, 5.41) is 13.5. The quantitative estimate of drug-likeness (QED) is 0.867. The molecule has 0 aliphatic heterocycles. The Morgan fingerprint density at radius 1 is 1.04 bits per heavy atom. The fourth-order valence-electron chi connectivity index (χ4n) is 2.11. The summed E-state index contributed by atoms with van der Waals surface area (Å²) in [5.41, 5.74) is 1.15. The number of hydrogen-bond donors (Lipinski definition) is 1. The maximum Gasteiger partial charge on any atom is 0.228 e. The van der Waals surface area contributed by atoms with Crippen molar-refractivity contribution in [3.63, 3.8) is 0 Å². The molecule has 0 saturated carbocycles. The SMILES string of the molecule is COc1ccc(CC(=O)Nc2cccc(C(=O)[O-])c2)cc1OC. The molecule has 2 aromatic carbocycles. The van der Waals surface area contributed by atoms with Gasteiger partial charge in [-0.1, -0.05) is 18.2 Å². The first-order valence-corrected chi connectivity index (χ1v) is 6.85. The van der Waals surface area contributed by atoms with Crippen LogP contribution in [0, 0.1) is 0 Å².